The van der Waals surface area contributed by atoms with Gasteiger partial charge in [0.2, 0.25) is 15.9 Å². The van der Waals surface area contributed by atoms with E-state index in [9.17, 15) is 13.2 Å². The monoisotopic (exact) mass is 401 g/mol. The minimum atomic E-state index is -3.52. The zero-order chi connectivity index (χ0) is 17.9. The minimum Gasteiger partial charge on any atom is -0.355 e. The summed E-state index contributed by atoms with van der Waals surface area (Å²) in [7, 11) is -3.52. The molecule has 0 heterocycles. The Kier molecular flexibility index (Phi) is 7.46. The van der Waals surface area contributed by atoms with Gasteiger partial charge < -0.3 is 11.1 Å². The molecule has 2 fully saturated rings. The van der Waals surface area contributed by atoms with Crippen molar-refractivity contribution in [2.45, 2.75) is 43.0 Å². The van der Waals surface area contributed by atoms with Crippen LogP contribution in [0.5, 0.6) is 0 Å². The Bertz CT molecular complexity index is 685. The highest BCUT2D eigenvalue weighted by molar-refractivity contribution is 7.89. The highest BCUT2D eigenvalue weighted by atomic mass is 35.5. The van der Waals surface area contributed by atoms with E-state index in [1.807, 2.05) is 0 Å². The van der Waals surface area contributed by atoms with E-state index >= 15 is 0 Å². The molecular formula is C18H28ClN3O3S. The SMILES string of the molecule is Cl.NC1C2CCCC1CC(C(=O)NCCNS(=O)(=O)c1ccccc1)C2. The zero-order valence-electron chi connectivity index (χ0n) is 14.8. The summed E-state index contributed by atoms with van der Waals surface area (Å²) in [6.45, 7) is 0.477. The maximum atomic E-state index is 12.4. The van der Waals surface area contributed by atoms with Crippen molar-refractivity contribution in [1.29, 1.82) is 0 Å². The first-order valence-electron chi connectivity index (χ1n) is 9.05. The summed E-state index contributed by atoms with van der Waals surface area (Å²) in [5.74, 6) is 0.961. The van der Waals surface area contributed by atoms with Crippen molar-refractivity contribution in [3.63, 3.8) is 0 Å². The van der Waals surface area contributed by atoms with Gasteiger partial charge in [0.05, 0.1) is 4.90 Å². The lowest BCUT2D eigenvalue weighted by atomic mass is 9.65. The van der Waals surface area contributed by atoms with E-state index in [0.29, 0.717) is 18.4 Å². The molecule has 2 unspecified atom stereocenters. The van der Waals surface area contributed by atoms with Gasteiger partial charge >= 0.3 is 0 Å². The van der Waals surface area contributed by atoms with E-state index in [2.05, 4.69) is 10.0 Å². The molecule has 2 atom stereocenters. The number of benzene rings is 1. The van der Waals surface area contributed by atoms with Crippen LogP contribution in [0.25, 0.3) is 0 Å². The lowest BCUT2D eigenvalue weighted by Gasteiger charge is -2.43. The van der Waals surface area contributed by atoms with Crippen LogP contribution in [0.15, 0.2) is 35.2 Å². The predicted molar refractivity (Wildman–Crippen MR) is 103 cm³/mol. The number of hydrogen-bond donors (Lipinski definition) is 3. The van der Waals surface area contributed by atoms with Crippen LogP contribution in [-0.2, 0) is 14.8 Å². The number of carbonyl (C=O) groups is 1. The number of nitrogens with one attached hydrogen (secondary N) is 2. The lowest BCUT2D eigenvalue weighted by Crippen LogP contribution is -2.49. The molecule has 26 heavy (non-hydrogen) atoms. The second-order valence-electron chi connectivity index (χ2n) is 7.20. The number of sulfonamides is 1. The topological polar surface area (TPSA) is 101 Å². The zero-order valence-corrected chi connectivity index (χ0v) is 16.4. The number of amides is 1. The fourth-order valence-corrected chi connectivity index (χ4v) is 5.25. The number of hydrogen-bond acceptors (Lipinski definition) is 4. The predicted octanol–water partition coefficient (Wildman–Crippen LogP) is 1.66. The van der Waals surface area contributed by atoms with Gasteiger partial charge in [-0.1, -0.05) is 24.6 Å². The van der Waals surface area contributed by atoms with Gasteiger partial charge in [-0.05, 0) is 49.7 Å². The summed E-state index contributed by atoms with van der Waals surface area (Å²) >= 11 is 0. The largest absolute Gasteiger partial charge is 0.355 e. The summed E-state index contributed by atoms with van der Waals surface area (Å²) in [5, 5.41) is 2.87. The van der Waals surface area contributed by atoms with Crippen LogP contribution in [0, 0.1) is 17.8 Å². The lowest BCUT2D eigenvalue weighted by molar-refractivity contribution is -0.127. The molecule has 3 rings (SSSR count). The first-order valence-corrected chi connectivity index (χ1v) is 10.5. The second kappa shape index (κ2) is 9.17. The van der Waals surface area contributed by atoms with Gasteiger partial charge in [0.1, 0.15) is 0 Å². The molecule has 0 spiro atoms. The maximum absolute atomic E-state index is 12.4. The quantitative estimate of drug-likeness (QED) is 0.631. The average molecular weight is 402 g/mol. The number of nitrogens with two attached hydrogens (primary N) is 1. The number of rotatable bonds is 6. The Hall–Kier alpha value is -1.15. The summed E-state index contributed by atoms with van der Waals surface area (Å²) < 4.78 is 26.7. The van der Waals surface area contributed by atoms with Crippen LogP contribution < -0.4 is 15.8 Å². The molecule has 2 saturated carbocycles. The molecule has 4 N–H and O–H groups in total. The van der Waals surface area contributed by atoms with E-state index in [0.717, 1.165) is 25.7 Å². The van der Waals surface area contributed by atoms with E-state index in [1.165, 1.54) is 6.42 Å². The highest BCUT2D eigenvalue weighted by Crippen LogP contribution is 2.41. The van der Waals surface area contributed by atoms with E-state index in [1.54, 1.807) is 30.3 Å². The van der Waals surface area contributed by atoms with Crippen molar-refractivity contribution in [3.05, 3.63) is 30.3 Å². The molecule has 0 aliphatic heterocycles. The third kappa shape index (κ3) is 4.97. The Balaban J connectivity index is 0.00000243. The van der Waals surface area contributed by atoms with Crippen LogP contribution in [0.4, 0.5) is 0 Å². The van der Waals surface area contributed by atoms with Gasteiger partial charge in [-0.3, -0.25) is 4.79 Å². The molecule has 1 aromatic rings. The Labute approximate surface area is 161 Å². The molecule has 6 nitrogen and oxygen atoms in total. The molecule has 1 amide bonds. The van der Waals surface area contributed by atoms with Gasteiger partial charge in [-0.25, -0.2) is 13.1 Å². The summed E-state index contributed by atoms with van der Waals surface area (Å²) in [4.78, 5) is 12.6. The maximum Gasteiger partial charge on any atom is 0.240 e. The number of halogens is 1. The molecular weight excluding hydrogens is 374 g/mol. The van der Waals surface area contributed by atoms with Crippen molar-refractivity contribution in [1.82, 2.24) is 10.0 Å². The molecule has 2 aliphatic carbocycles. The fourth-order valence-electron chi connectivity index (χ4n) is 4.20. The van der Waals surface area contributed by atoms with E-state index in [-0.39, 0.29) is 41.7 Å². The third-order valence-electron chi connectivity index (χ3n) is 5.55. The van der Waals surface area contributed by atoms with Crippen molar-refractivity contribution in [3.8, 4) is 0 Å². The van der Waals surface area contributed by atoms with E-state index < -0.39 is 10.0 Å². The third-order valence-corrected chi connectivity index (χ3v) is 7.03. The molecule has 1 aromatic carbocycles. The molecule has 0 aromatic heterocycles. The van der Waals surface area contributed by atoms with Gasteiger partial charge in [0.25, 0.3) is 0 Å². The standard InChI is InChI=1S/C18H27N3O3S.ClH/c19-17-13-5-4-6-14(17)12-15(11-13)18(22)20-9-10-21-25(23,24)16-7-2-1-3-8-16;/h1-3,7-8,13-15,17,21H,4-6,9-12,19H2,(H,20,22);1H. The smallest absolute Gasteiger partial charge is 0.240 e. The van der Waals surface area contributed by atoms with Crippen LogP contribution >= 0.6 is 12.4 Å². The molecule has 2 aliphatic rings. The second-order valence-corrected chi connectivity index (χ2v) is 8.97. The number of carbonyl (C=O) groups excluding carboxylic acids is 1. The van der Waals surface area contributed by atoms with Gasteiger partial charge in [0.15, 0.2) is 0 Å². The summed E-state index contributed by atoms with van der Waals surface area (Å²) in [5.41, 5.74) is 6.26. The van der Waals surface area contributed by atoms with Crippen molar-refractivity contribution >= 4 is 28.3 Å². The fraction of sp³-hybridized carbons (Fsp3) is 0.611. The summed E-state index contributed by atoms with van der Waals surface area (Å²) in [6, 6.07) is 8.47. The van der Waals surface area contributed by atoms with E-state index in [4.69, 9.17) is 5.73 Å². The Morgan fingerprint density at radius 1 is 1.08 bits per heavy atom. The molecule has 8 heteroatoms. The van der Waals surface area contributed by atoms with Crippen LogP contribution in [0.3, 0.4) is 0 Å². The highest BCUT2D eigenvalue weighted by Gasteiger charge is 2.40. The molecule has 2 bridgehead atoms. The summed E-state index contributed by atoms with van der Waals surface area (Å²) in [6.07, 6.45) is 5.19. The van der Waals surface area contributed by atoms with Crippen molar-refractivity contribution in [2.75, 3.05) is 13.1 Å². The minimum absolute atomic E-state index is 0. The number of fused-ring (bicyclic) bond motifs is 2. The average Bonchev–Trinajstić information content (AvgIpc) is 2.59. The van der Waals surface area contributed by atoms with Gasteiger partial charge in [-0.15, -0.1) is 12.4 Å². The Morgan fingerprint density at radius 2 is 1.69 bits per heavy atom. The molecule has 146 valence electrons. The molecule has 0 radical (unpaired) electrons. The molecule has 0 saturated heterocycles. The first kappa shape index (κ1) is 21.2. The van der Waals surface area contributed by atoms with Crippen molar-refractivity contribution in [2.24, 2.45) is 23.5 Å². The van der Waals surface area contributed by atoms with Crippen LogP contribution in [0.1, 0.15) is 32.1 Å². The van der Waals surface area contributed by atoms with Crippen LogP contribution in [0.2, 0.25) is 0 Å². The van der Waals surface area contributed by atoms with Crippen molar-refractivity contribution < 1.29 is 13.2 Å². The van der Waals surface area contributed by atoms with Crippen LogP contribution in [-0.4, -0.2) is 33.5 Å². The van der Waals surface area contributed by atoms with Gasteiger partial charge in [-0.2, -0.15) is 0 Å². The van der Waals surface area contributed by atoms with Gasteiger partial charge in [0, 0.05) is 25.0 Å². The normalized spacial score (nSPS) is 28.0. The Morgan fingerprint density at radius 3 is 2.31 bits per heavy atom. The first-order chi connectivity index (χ1) is 12.0.